The Labute approximate surface area is 183 Å². The molecule has 2 N–H and O–H groups in total. The minimum atomic E-state index is -3.90. The molecule has 0 atom stereocenters. The van der Waals surface area contributed by atoms with E-state index in [1.54, 1.807) is 0 Å². The Balaban J connectivity index is 1.68. The Morgan fingerprint density at radius 2 is 1.70 bits per heavy atom. The van der Waals surface area contributed by atoms with Crippen LogP contribution in [0.15, 0.2) is 71.6 Å². The monoisotopic (exact) mass is 466 g/mol. The van der Waals surface area contributed by atoms with E-state index in [-0.39, 0.29) is 27.7 Å². The number of benzene rings is 3. The van der Waals surface area contributed by atoms with Crippen molar-refractivity contribution in [3.8, 4) is 0 Å². The molecule has 9 heteroatoms. The molecule has 3 aromatic rings. The first-order valence-electron chi connectivity index (χ1n) is 8.86. The summed E-state index contributed by atoms with van der Waals surface area (Å²) in [6, 6.07) is 16.9. The van der Waals surface area contributed by atoms with Gasteiger partial charge in [0.25, 0.3) is 5.91 Å². The molecule has 0 saturated heterocycles. The van der Waals surface area contributed by atoms with Crippen molar-refractivity contribution in [1.29, 1.82) is 0 Å². The van der Waals surface area contributed by atoms with Crippen molar-refractivity contribution in [1.82, 2.24) is 4.72 Å². The van der Waals surface area contributed by atoms with Gasteiger partial charge in [-0.1, -0.05) is 53.5 Å². The minimum Gasteiger partial charge on any atom is -0.319 e. The van der Waals surface area contributed by atoms with Crippen molar-refractivity contribution in [3.63, 3.8) is 0 Å². The van der Waals surface area contributed by atoms with Crippen molar-refractivity contribution in [2.24, 2.45) is 0 Å². The molecule has 0 bridgehead atoms. The maximum absolute atomic E-state index is 14.4. The molecule has 5 nitrogen and oxygen atoms in total. The summed E-state index contributed by atoms with van der Waals surface area (Å²) in [5.41, 5.74) is 0.916. The molecule has 0 aliphatic carbocycles. The standard InChI is InChI=1S/C21H17Cl2FN2O3S/c22-15-6-8-17(18(23)12-15)21(27)26-20-9-7-16(13-19(20)24)30(28,29)25-11-10-14-4-2-1-3-5-14/h1-9,12-13,25H,10-11H2,(H,26,27). The fourth-order valence-corrected chi connectivity index (χ4v) is 4.22. The number of carbonyl (C=O) groups excluding carboxylic acids is 1. The molecule has 0 saturated carbocycles. The molecule has 30 heavy (non-hydrogen) atoms. The van der Waals surface area contributed by atoms with Crippen molar-refractivity contribution in [2.75, 3.05) is 11.9 Å². The molecule has 0 unspecified atom stereocenters. The van der Waals surface area contributed by atoms with E-state index < -0.39 is 21.7 Å². The fourth-order valence-electron chi connectivity index (χ4n) is 2.69. The fraction of sp³-hybridized carbons (Fsp3) is 0.0952. The van der Waals surface area contributed by atoms with Crippen molar-refractivity contribution < 1.29 is 17.6 Å². The molecular formula is C21H17Cl2FN2O3S. The van der Waals surface area contributed by atoms with Gasteiger partial charge in [0.2, 0.25) is 10.0 Å². The highest BCUT2D eigenvalue weighted by Crippen LogP contribution is 2.24. The second-order valence-corrected chi connectivity index (χ2v) is 8.96. The van der Waals surface area contributed by atoms with Gasteiger partial charge in [0.05, 0.1) is 21.2 Å². The molecule has 0 aliphatic heterocycles. The zero-order chi connectivity index (χ0) is 21.7. The number of hydrogen-bond acceptors (Lipinski definition) is 3. The summed E-state index contributed by atoms with van der Waals surface area (Å²) in [6.07, 6.45) is 0.499. The van der Waals surface area contributed by atoms with Gasteiger partial charge in [-0.15, -0.1) is 0 Å². The van der Waals surface area contributed by atoms with Crippen LogP contribution in [0.5, 0.6) is 0 Å². The average Bonchev–Trinajstić information content (AvgIpc) is 2.70. The van der Waals surface area contributed by atoms with Gasteiger partial charge in [0, 0.05) is 11.6 Å². The number of amides is 1. The molecule has 0 fully saturated rings. The summed E-state index contributed by atoms with van der Waals surface area (Å²) in [5, 5.41) is 2.84. The van der Waals surface area contributed by atoms with E-state index in [0.29, 0.717) is 11.4 Å². The third-order valence-electron chi connectivity index (χ3n) is 4.22. The SMILES string of the molecule is O=C(Nc1ccc(S(=O)(=O)NCCc2ccccc2)cc1F)c1ccc(Cl)cc1Cl. The van der Waals surface area contributed by atoms with Gasteiger partial charge >= 0.3 is 0 Å². The van der Waals surface area contributed by atoms with Crippen LogP contribution < -0.4 is 10.0 Å². The first-order chi connectivity index (χ1) is 14.3. The van der Waals surface area contributed by atoms with Gasteiger partial charge in [0.1, 0.15) is 5.82 Å². The summed E-state index contributed by atoms with van der Waals surface area (Å²) >= 11 is 11.8. The minimum absolute atomic E-state index is 0.111. The van der Waals surface area contributed by atoms with E-state index in [2.05, 4.69) is 10.0 Å². The first-order valence-corrected chi connectivity index (χ1v) is 11.1. The number of carbonyl (C=O) groups is 1. The zero-order valence-electron chi connectivity index (χ0n) is 15.5. The van der Waals surface area contributed by atoms with Crippen LogP contribution in [0, 0.1) is 5.82 Å². The largest absolute Gasteiger partial charge is 0.319 e. The van der Waals surface area contributed by atoms with Crippen LogP contribution in [-0.4, -0.2) is 20.9 Å². The normalized spacial score (nSPS) is 11.3. The number of rotatable bonds is 7. The number of sulfonamides is 1. The van der Waals surface area contributed by atoms with Crippen LogP contribution in [0.25, 0.3) is 0 Å². The van der Waals surface area contributed by atoms with E-state index in [9.17, 15) is 17.6 Å². The molecule has 3 rings (SSSR count). The van der Waals surface area contributed by atoms with E-state index in [0.717, 1.165) is 11.6 Å². The summed E-state index contributed by atoms with van der Waals surface area (Å²) in [7, 11) is -3.90. The number of halogens is 3. The Morgan fingerprint density at radius 3 is 2.37 bits per heavy atom. The lowest BCUT2D eigenvalue weighted by atomic mass is 10.2. The van der Waals surface area contributed by atoms with Crippen molar-refractivity contribution >= 4 is 44.8 Å². The molecule has 0 aliphatic rings. The van der Waals surface area contributed by atoms with E-state index in [1.807, 2.05) is 30.3 Å². The van der Waals surface area contributed by atoms with E-state index in [1.165, 1.54) is 30.3 Å². The lowest BCUT2D eigenvalue weighted by molar-refractivity contribution is 0.102. The van der Waals surface area contributed by atoms with Crippen LogP contribution in [0.2, 0.25) is 10.0 Å². The molecular weight excluding hydrogens is 450 g/mol. The maximum Gasteiger partial charge on any atom is 0.257 e. The van der Waals surface area contributed by atoms with Gasteiger partial charge in [0.15, 0.2) is 0 Å². The van der Waals surface area contributed by atoms with E-state index in [4.69, 9.17) is 23.2 Å². The quantitative estimate of drug-likeness (QED) is 0.519. The first kappa shape index (κ1) is 22.2. The van der Waals surface area contributed by atoms with Crippen LogP contribution >= 0.6 is 23.2 Å². The van der Waals surface area contributed by atoms with Gasteiger partial charge in [-0.2, -0.15) is 0 Å². The van der Waals surface area contributed by atoms with Gasteiger partial charge in [-0.25, -0.2) is 17.5 Å². The molecule has 1 amide bonds. The Hall–Kier alpha value is -2.45. The summed E-state index contributed by atoms with van der Waals surface area (Å²) in [4.78, 5) is 12.1. The third-order valence-corrected chi connectivity index (χ3v) is 6.23. The van der Waals surface area contributed by atoms with Crippen molar-refractivity contribution in [2.45, 2.75) is 11.3 Å². The van der Waals surface area contributed by atoms with Gasteiger partial charge in [-0.05, 0) is 48.4 Å². The van der Waals surface area contributed by atoms with Crippen LogP contribution in [-0.2, 0) is 16.4 Å². The smallest absolute Gasteiger partial charge is 0.257 e. The highest BCUT2D eigenvalue weighted by Gasteiger charge is 2.18. The predicted octanol–water partition coefficient (Wildman–Crippen LogP) is 4.91. The molecule has 0 spiro atoms. The topological polar surface area (TPSA) is 75.3 Å². The van der Waals surface area contributed by atoms with Crippen molar-refractivity contribution in [3.05, 3.63) is 93.7 Å². The predicted molar refractivity (Wildman–Crippen MR) is 116 cm³/mol. The summed E-state index contributed by atoms with van der Waals surface area (Å²) in [5.74, 6) is -1.54. The molecule has 156 valence electrons. The average molecular weight is 467 g/mol. The number of nitrogens with one attached hydrogen (secondary N) is 2. The lowest BCUT2D eigenvalue weighted by Crippen LogP contribution is -2.26. The van der Waals surface area contributed by atoms with Crippen LogP contribution in [0.1, 0.15) is 15.9 Å². The molecule has 3 aromatic carbocycles. The Kier molecular flexibility index (Phi) is 7.10. The van der Waals surface area contributed by atoms with E-state index >= 15 is 0 Å². The third kappa shape index (κ3) is 5.58. The maximum atomic E-state index is 14.4. The highest BCUT2D eigenvalue weighted by atomic mass is 35.5. The van der Waals surface area contributed by atoms with Crippen LogP contribution in [0.3, 0.4) is 0 Å². The molecule has 0 heterocycles. The summed E-state index contributed by atoms with van der Waals surface area (Å²) < 4.78 is 41.7. The zero-order valence-corrected chi connectivity index (χ0v) is 17.9. The second kappa shape index (κ2) is 9.57. The second-order valence-electron chi connectivity index (χ2n) is 6.35. The highest BCUT2D eigenvalue weighted by molar-refractivity contribution is 7.89. The Bertz CT molecular complexity index is 1170. The molecule has 0 radical (unpaired) electrons. The van der Waals surface area contributed by atoms with Gasteiger partial charge in [-0.3, -0.25) is 4.79 Å². The lowest BCUT2D eigenvalue weighted by Gasteiger charge is -2.11. The van der Waals surface area contributed by atoms with Gasteiger partial charge < -0.3 is 5.32 Å². The number of hydrogen-bond donors (Lipinski definition) is 2. The Morgan fingerprint density at radius 1 is 0.967 bits per heavy atom. The number of anilines is 1. The van der Waals surface area contributed by atoms with Crippen LogP contribution in [0.4, 0.5) is 10.1 Å². The summed E-state index contributed by atoms with van der Waals surface area (Å²) in [6.45, 7) is 0.168. The molecule has 0 aromatic heterocycles.